The lowest BCUT2D eigenvalue weighted by Crippen LogP contribution is -2.43. The molecule has 1 atom stereocenters. The Labute approximate surface area is 172 Å². The van der Waals surface area contributed by atoms with Crippen molar-refractivity contribution < 1.29 is 22.8 Å². The number of benzene rings is 2. The van der Waals surface area contributed by atoms with Crippen molar-refractivity contribution in [2.24, 2.45) is 0 Å². The number of hydrogen-bond acceptors (Lipinski definition) is 3. The third-order valence-corrected chi connectivity index (χ3v) is 5.74. The largest absolute Gasteiger partial charge is 0.416 e. The molecule has 2 N–H and O–H groups in total. The highest BCUT2D eigenvalue weighted by molar-refractivity contribution is 6.33. The van der Waals surface area contributed by atoms with Crippen LogP contribution < -0.4 is 10.6 Å². The Bertz CT molecular complexity index is 1220. The average Bonchev–Trinajstić information content (AvgIpc) is 3.22. The summed E-state index contributed by atoms with van der Waals surface area (Å²) < 4.78 is 39.9. The van der Waals surface area contributed by atoms with Gasteiger partial charge in [-0.1, -0.05) is 17.7 Å². The fourth-order valence-corrected chi connectivity index (χ4v) is 4.45. The van der Waals surface area contributed by atoms with E-state index in [4.69, 9.17) is 11.6 Å². The molecule has 2 aliphatic rings. The zero-order valence-corrected chi connectivity index (χ0v) is 15.8. The van der Waals surface area contributed by atoms with E-state index in [0.717, 1.165) is 12.1 Å². The molecule has 30 heavy (non-hydrogen) atoms. The first kappa shape index (κ1) is 18.7. The van der Waals surface area contributed by atoms with E-state index in [-0.39, 0.29) is 12.2 Å². The smallest absolute Gasteiger partial charge is 0.325 e. The molecule has 152 valence electrons. The van der Waals surface area contributed by atoms with Gasteiger partial charge in [0.05, 0.1) is 17.4 Å². The van der Waals surface area contributed by atoms with E-state index < -0.39 is 29.0 Å². The molecule has 0 saturated carbocycles. The number of nitrogens with zero attached hydrogens (tertiary/aromatic N) is 2. The second-order valence-corrected chi connectivity index (χ2v) is 7.52. The molecule has 1 spiro atoms. The van der Waals surface area contributed by atoms with Crippen molar-refractivity contribution in [1.82, 2.24) is 9.78 Å². The van der Waals surface area contributed by atoms with E-state index in [9.17, 15) is 22.8 Å². The van der Waals surface area contributed by atoms with Crippen molar-refractivity contribution in [2.45, 2.75) is 18.0 Å². The van der Waals surface area contributed by atoms with Crippen molar-refractivity contribution >= 4 is 34.9 Å². The lowest BCUT2D eigenvalue weighted by atomic mass is 9.72. The Morgan fingerprint density at radius 2 is 1.80 bits per heavy atom. The molecular weight excluding hydrogens is 421 g/mol. The number of halogens is 4. The summed E-state index contributed by atoms with van der Waals surface area (Å²) in [7, 11) is 0. The van der Waals surface area contributed by atoms with Crippen molar-refractivity contribution in [3.63, 3.8) is 0 Å². The first-order valence-corrected chi connectivity index (χ1v) is 9.26. The number of fused-ring (bicyclic) bond motifs is 4. The number of carbonyl (C=O) groups excluding carboxylic acids is 2. The molecule has 0 radical (unpaired) electrons. The van der Waals surface area contributed by atoms with Crippen molar-refractivity contribution in [1.29, 1.82) is 0 Å². The van der Waals surface area contributed by atoms with Crippen LogP contribution in [0.1, 0.15) is 23.1 Å². The maximum atomic E-state index is 13.1. The summed E-state index contributed by atoms with van der Waals surface area (Å²) in [4.78, 5) is 25.7. The molecule has 5 rings (SSSR count). The SMILES string of the molecule is O=C1CC2(C(=O)Nc3cccc(Cl)c32)c2cnn(-c3ccc(C(F)(F)F)cc3)c2N1. The molecule has 2 amide bonds. The molecule has 6 nitrogen and oxygen atoms in total. The summed E-state index contributed by atoms with van der Waals surface area (Å²) in [5, 5.41) is 10.0. The molecule has 0 saturated heterocycles. The van der Waals surface area contributed by atoms with Crippen LogP contribution in [0, 0.1) is 0 Å². The quantitative estimate of drug-likeness (QED) is 0.607. The van der Waals surface area contributed by atoms with E-state index in [0.29, 0.717) is 27.5 Å². The van der Waals surface area contributed by atoms with Crippen molar-refractivity contribution in [3.05, 3.63) is 70.4 Å². The highest BCUT2D eigenvalue weighted by atomic mass is 35.5. The molecule has 10 heteroatoms. The van der Waals surface area contributed by atoms with E-state index in [1.54, 1.807) is 18.2 Å². The summed E-state index contributed by atoms with van der Waals surface area (Å²) >= 11 is 6.40. The van der Waals surface area contributed by atoms with Gasteiger partial charge in [0.1, 0.15) is 11.2 Å². The second-order valence-electron chi connectivity index (χ2n) is 7.11. The summed E-state index contributed by atoms with van der Waals surface area (Å²) in [6, 6.07) is 9.38. The van der Waals surface area contributed by atoms with E-state index >= 15 is 0 Å². The van der Waals surface area contributed by atoms with E-state index in [1.807, 2.05) is 0 Å². The minimum atomic E-state index is -4.47. The van der Waals surface area contributed by atoms with Crippen LogP contribution in [-0.4, -0.2) is 21.6 Å². The standard InChI is InChI=1S/C20H12ClF3N4O2/c21-13-2-1-3-14-16(13)19(18(30)26-14)8-15(29)27-17-12(19)9-25-28(17)11-6-4-10(5-7-11)20(22,23)24/h1-7,9H,8H2,(H,26,30)(H,27,29). The van der Waals surface area contributed by atoms with E-state index in [1.165, 1.54) is 23.0 Å². The Hall–Kier alpha value is -3.33. The molecule has 0 fully saturated rings. The van der Waals surface area contributed by atoms with Gasteiger partial charge in [-0.3, -0.25) is 9.59 Å². The molecule has 2 aromatic carbocycles. The van der Waals surface area contributed by atoms with Gasteiger partial charge >= 0.3 is 6.18 Å². The van der Waals surface area contributed by atoms with Crippen LogP contribution in [0.5, 0.6) is 0 Å². The number of carbonyl (C=O) groups is 2. The predicted molar refractivity (Wildman–Crippen MR) is 103 cm³/mol. The number of hydrogen-bond donors (Lipinski definition) is 2. The predicted octanol–water partition coefficient (Wildman–Crippen LogP) is 4.12. The molecule has 3 heterocycles. The van der Waals surface area contributed by atoms with Crippen LogP contribution in [0.3, 0.4) is 0 Å². The molecule has 1 unspecified atom stereocenters. The van der Waals surface area contributed by atoms with Gasteiger partial charge < -0.3 is 10.6 Å². The maximum Gasteiger partial charge on any atom is 0.416 e. The van der Waals surface area contributed by atoms with Crippen LogP contribution in [0.15, 0.2) is 48.7 Å². The fourth-order valence-electron chi connectivity index (χ4n) is 4.11. The highest BCUT2D eigenvalue weighted by Gasteiger charge is 2.55. The number of alkyl halides is 3. The van der Waals surface area contributed by atoms with E-state index in [2.05, 4.69) is 15.7 Å². The van der Waals surface area contributed by atoms with Crippen LogP contribution in [0.2, 0.25) is 5.02 Å². The Morgan fingerprint density at radius 3 is 2.50 bits per heavy atom. The third kappa shape index (κ3) is 2.48. The molecule has 2 aliphatic heterocycles. The molecule has 0 bridgehead atoms. The molecule has 3 aromatic rings. The van der Waals surface area contributed by atoms with Crippen LogP contribution in [0.4, 0.5) is 24.7 Å². The first-order valence-electron chi connectivity index (χ1n) is 8.88. The molecule has 1 aromatic heterocycles. The number of rotatable bonds is 1. The van der Waals surface area contributed by atoms with Crippen molar-refractivity contribution in [2.75, 3.05) is 10.6 Å². The first-order chi connectivity index (χ1) is 14.2. The topological polar surface area (TPSA) is 76.0 Å². The van der Waals surface area contributed by atoms with Gasteiger partial charge in [0.15, 0.2) is 0 Å². The van der Waals surface area contributed by atoms with Gasteiger partial charge in [-0.05, 0) is 36.4 Å². The van der Waals surface area contributed by atoms with Crippen LogP contribution in [-0.2, 0) is 21.2 Å². The fraction of sp³-hybridized carbons (Fsp3) is 0.150. The summed E-state index contributed by atoms with van der Waals surface area (Å²) in [5.74, 6) is -0.623. The molecule has 0 aliphatic carbocycles. The minimum absolute atomic E-state index is 0.165. The summed E-state index contributed by atoms with van der Waals surface area (Å²) in [6.07, 6.45) is -3.20. The van der Waals surface area contributed by atoms with Gasteiger partial charge in [0.25, 0.3) is 0 Å². The van der Waals surface area contributed by atoms with Gasteiger partial charge in [0, 0.05) is 28.3 Å². The lowest BCUT2D eigenvalue weighted by molar-refractivity contribution is -0.137. The number of nitrogens with one attached hydrogen (secondary N) is 2. The van der Waals surface area contributed by atoms with Gasteiger partial charge in [-0.15, -0.1) is 0 Å². The monoisotopic (exact) mass is 432 g/mol. The van der Waals surface area contributed by atoms with Gasteiger partial charge in [-0.25, -0.2) is 4.68 Å². The number of amides is 2. The zero-order valence-electron chi connectivity index (χ0n) is 15.0. The van der Waals surface area contributed by atoms with Gasteiger partial charge in [-0.2, -0.15) is 18.3 Å². The highest BCUT2D eigenvalue weighted by Crippen LogP contribution is 2.52. The van der Waals surface area contributed by atoms with Crippen LogP contribution in [0.25, 0.3) is 5.69 Å². The normalized spacial score (nSPS) is 20.0. The molecular formula is C20H12ClF3N4O2. The Morgan fingerprint density at radius 1 is 1.07 bits per heavy atom. The summed E-state index contributed by atoms with van der Waals surface area (Å²) in [6.45, 7) is 0. The summed E-state index contributed by atoms with van der Waals surface area (Å²) in [5.41, 5.74) is -0.445. The van der Waals surface area contributed by atoms with Crippen LogP contribution >= 0.6 is 11.6 Å². The maximum absolute atomic E-state index is 13.1. The Balaban J connectivity index is 1.69. The van der Waals surface area contributed by atoms with Gasteiger partial charge in [0.2, 0.25) is 11.8 Å². The number of anilines is 2. The zero-order chi connectivity index (χ0) is 21.3. The number of aromatic nitrogens is 2. The van der Waals surface area contributed by atoms with Crippen molar-refractivity contribution in [3.8, 4) is 5.69 Å². The Kier molecular flexibility index (Phi) is 3.79. The second kappa shape index (κ2) is 6.09. The average molecular weight is 433 g/mol. The lowest BCUT2D eigenvalue weighted by Gasteiger charge is -2.32. The minimum Gasteiger partial charge on any atom is -0.325 e. The third-order valence-electron chi connectivity index (χ3n) is 5.43.